The van der Waals surface area contributed by atoms with Crippen molar-refractivity contribution < 1.29 is 4.74 Å². The van der Waals surface area contributed by atoms with Crippen LogP contribution in [0.15, 0.2) is 4.47 Å². The van der Waals surface area contributed by atoms with E-state index < -0.39 is 5.60 Å². The normalized spacial score (nSPS) is 11.7. The minimum Gasteiger partial charge on any atom is -0.371 e. The molecule has 0 aliphatic rings. The van der Waals surface area contributed by atoms with Gasteiger partial charge in [0.25, 0.3) is 0 Å². The van der Waals surface area contributed by atoms with Gasteiger partial charge in [0.15, 0.2) is 5.82 Å². The molecule has 0 aromatic carbocycles. The van der Waals surface area contributed by atoms with E-state index in [0.29, 0.717) is 5.82 Å². The van der Waals surface area contributed by atoms with Gasteiger partial charge in [-0.25, -0.2) is 9.97 Å². The number of aryl methyl sites for hydroxylation is 1. The van der Waals surface area contributed by atoms with Crippen LogP contribution in [0.1, 0.15) is 45.6 Å². The molecule has 0 spiro atoms. The van der Waals surface area contributed by atoms with Gasteiger partial charge in [0.05, 0.1) is 10.2 Å². The molecule has 4 nitrogen and oxygen atoms in total. The lowest BCUT2D eigenvalue weighted by atomic mass is 10.1. The van der Waals surface area contributed by atoms with Gasteiger partial charge in [0.2, 0.25) is 0 Å². The molecule has 0 amide bonds. The fourth-order valence-electron chi connectivity index (χ4n) is 1.45. The van der Waals surface area contributed by atoms with Gasteiger partial charge >= 0.3 is 0 Å². The number of nitrogens with one attached hydrogen (secondary N) is 1. The van der Waals surface area contributed by atoms with Crippen molar-refractivity contribution in [2.45, 2.75) is 46.1 Å². The quantitative estimate of drug-likeness (QED) is 0.872. The maximum absolute atomic E-state index is 5.45. The Kier molecular flexibility index (Phi) is 5.53. The summed E-state index contributed by atoms with van der Waals surface area (Å²) >= 11 is 3.57. The summed E-state index contributed by atoms with van der Waals surface area (Å²) in [5, 5.41) is 3.32. The fraction of sp³-hybridized carbons (Fsp3) is 0.692. The lowest BCUT2D eigenvalue weighted by Gasteiger charge is -2.23. The third kappa shape index (κ3) is 3.42. The van der Waals surface area contributed by atoms with Gasteiger partial charge in [0.1, 0.15) is 11.4 Å². The van der Waals surface area contributed by atoms with Crippen molar-refractivity contribution in [1.29, 1.82) is 0 Å². The van der Waals surface area contributed by atoms with E-state index in [1.165, 1.54) is 0 Å². The first kappa shape index (κ1) is 15.4. The first-order valence-corrected chi connectivity index (χ1v) is 7.11. The summed E-state index contributed by atoms with van der Waals surface area (Å²) in [4.78, 5) is 9.15. The summed E-state index contributed by atoms with van der Waals surface area (Å²) in [6.45, 7) is 9.05. The van der Waals surface area contributed by atoms with Gasteiger partial charge in [-0.15, -0.1) is 0 Å². The average molecular weight is 316 g/mol. The molecule has 0 fully saturated rings. The van der Waals surface area contributed by atoms with Gasteiger partial charge in [-0.1, -0.05) is 13.8 Å². The molecule has 18 heavy (non-hydrogen) atoms. The van der Waals surface area contributed by atoms with E-state index in [4.69, 9.17) is 4.74 Å². The molecule has 0 bridgehead atoms. The van der Waals surface area contributed by atoms with Crippen LogP contribution >= 0.6 is 15.9 Å². The molecule has 1 rings (SSSR count). The van der Waals surface area contributed by atoms with Crippen LogP contribution in [0.2, 0.25) is 0 Å². The third-order valence-corrected chi connectivity index (χ3v) is 3.68. The second-order valence-corrected chi connectivity index (χ2v) is 5.44. The number of methoxy groups -OCH3 is 1. The molecular weight excluding hydrogens is 294 g/mol. The van der Waals surface area contributed by atoms with E-state index in [0.717, 1.165) is 35.4 Å². The number of hydrogen-bond donors (Lipinski definition) is 1. The minimum atomic E-state index is -0.479. The highest BCUT2D eigenvalue weighted by Gasteiger charge is 2.25. The van der Waals surface area contributed by atoms with Crippen molar-refractivity contribution in [3.63, 3.8) is 0 Å². The van der Waals surface area contributed by atoms with Crippen LogP contribution in [0, 0.1) is 0 Å². The Labute approximate surface area is 118 Å². The Hall–Kier alpha value is -0.680. The zero-order valence-corrected chi connectivity index (χ0v) is 13.4. The molecule has 1 heterocycles. The van der Waals surface area contributed by atoms with E-state index in [-0.39, 0.29) is 0 Å². The first-order valence-electron chi connectivity index (χ1n) is 6.32. The Morgan fingerprint density at radius 1 is 1.28 bits per heavy atom. The van der Waals surface area contributed by atoms with Crippen LogP contribution in [0.4, 0.5) is 5.82 Å². The Balaban J connectivity index is 3.21. The second kappa shape index (κ2) is 6.48. The third-order valence-electron chi connectivity index (χ3n) is 2.85. The molecule has 0 atom stereocenters. The van der Waals surface area contributed by atoms with E-state index in [1.807, 2.05) is 13.8 Å². The largest absolute Gasteiger partial charge is 0.371 e. The number of aromatic nitrogens is 2. The van der Waals surface area contributed by atoms with Crippen molar-refractivity contribution in [2.24, 2.45) is 0 Å². The highest BCUT2D eigenvalue weighted by Crippen LogP contribution is 2.28. The number of rotatable bonds is 6. The van der Waals surface area contributed by atoms with Gasteiger partial charge in [-0.3, -0.25) is 0 Å². The molecule has 1 N–H and O–H groups in total. The SMILES string of the molecule is CCCNc1nc(C(C)(C)OC)nc(CC)c1Br. The monoisotopic (exact) mass is 315 g/mol. The van der Waals surface area contributed by atoms with Crippen molar-refractivity contribution >= 4 is 21.7 Å². The van der Waals surface area contributed by atoms with Gasteiger partial charge in [0, 0.05) is 13.7 Å². The summed E-state index contributed by atoms with van der Waals surface area (Å²) in [5.41, 5.74) is 0.525. The summed E-state index contributed by atoms with van der Waals surface area (Å²) in [6, 6.07) is 0. The van der Waals surface area contributed by atoms with Crippen molar-refractivity contribution in [3.05, 3.63) is 16.0 Å². The highest BCUT2D eigenvalue weighted by molar-refractivity contribution is 9.10. The molecule has 102 valence electrons. The van der Waals surface area contributed by atoms with Crippen LogP contribution in [0.5, 0.6) is 0 Å². The maximum atomic E-state index is 5.45. The predicted octanol–water partition coefficient (Wildman–Crippen LogP) is 3.50. The van der Waals surface area contributed by atoms with E-state index in [1.54, 1.807) is 7.11 Å². The van der Waals surface area contributed by atoms with Gasteiger partial charge in [-0.2, -0.15) is 0 Å². The average Bonchev–Trinajstić information content (AvgIpc) is 2.37. The van der Waals surface area contributed by atoms with Gasteiger partial charge < -0.3 is 10.1 Å². The second-order valence-electron chi connectivity index (χ2n) is 4.65. The molecule has 0 unspecified atom stereocenters. The van der Waals surface area contributed by atoms with Crippen molar-refractivity contribution in [3.8, 4) is 0 Å². The zero-order chi connectivity index (χ0) is 13.8. The molecule has 5 heteroatoms. The molecule has 0 aliphatic heterocycles. The number of halogens is 1. The first-order chi connectivity index (χ1) is 8.46. The standard InChI is InChI=1S/C13H22BrN3O/c1-6-8-15-11-10(14)9(7-2)16-12(17-11)13(3,4)18-5/h6-8H2,1-5H3,(H,15,16,17). The fourth-order valence-corrected chi connectivity index (χ4v) is 2.05. The van der Waals surface area contributed by atoms with Crippen molar-refractivity contribution in [2.75, 3.05) is 19.0 Å². The molecule has 0 radical (unpaired) electrons. The van der Waals surface area contributed by atoms with E-state index >= 15 is 0 Å². The lowest BCUT2D eigenvalue weighted by Crippen LogP contribution is -2.24. The predicted molar refractivity (Wildman–Crippen MR) is 77.9 cm³/mol. The summed E-state index contributed by atoms with van der Waals surface area (Å²) in [6.07, 6.45) is 1.91. The maximum Gasteiger partial charge on any atom is 0.162 e. The van der Waals surface area contributed by atoms with Crippen LogP contribution in [0.3, 0.4) is 0 Å². The molecular formula is C13H22BrN3O. The number of anilines is 1. The Bertz CT molecular complexity index is 407. The zero-order valence-electron chi connectivity index (χ0n) is 11.8. The molecule has 0 saturated carbocycles. The summed E-state index contributed by atoms with van der Waals surface area (Å²) < 4.78 is 6.41. The number of nitrogens with zero attached hydrogens (tertiary/aromatic N) is 2. The summed E-state index contributed by atoms with van der Waals surface area (Å²) in [7, 11) is 1.68. The van der Waals surface area contributed by atoms with Crippen LogP contribution in [0.25, 0.3) is 0 Å². The van der Waals surface area contributed by atoms with E-state index in [2.05, 4.69) is 45.1 Å². The van der Waals surface area contributed by atoms with Crippen molar-refractivity contribution in [1.82, 2.24) is 9.97 Å². The summed E-state index contributed by atoms with van der Waals surface area (Å²) in [5.74, 6) is 1.56. The van der Waals surface area contributed by atoms with Crippen LogP contribution in [-0.2, 0) is 16.8 Å². The minimum absolute atomic E-state index is 0.479. The van der Waals surface area contributed by atoms with Crippen LogP contribution < -0.4 is 5.32 Å². The molecule has 0 aliphatic carbocycles. The smallest absolute Gasteiger partial charge is 0.162 e. The highest BCUT2D eigenvalue weighted by atomic mass is 79.9. The number of hydrogen-bond acceptors (Lipinski definition) is 4. The van der Waals surface area contributed by atoms with Crippen LogP contribution in [-0.4, -0.2) is 23.6 Å². The molecule has 1 aromatic rings. The molecule has 1 aromatic heterocycles. The topological polar surface area (TPSA) is 47.0 Å². The lowest BCUT2D eigenvalue weighted by molar-refractivity contribution is 0.0114. The molecule has 0 saturated heterocycles. The van der Waals surface area contributed by atoms with Gasteiger partial charge in [-0.05, 0) is 42.6 Å². The Morgan fingerprint density at radius 3 is 2.44 bits per heavy atom. The number of ether oxygens (including phenoxy) is 1. The van der Waals surface area contributed by atoms with E-state index in [9.17, 15) is 0 Å². The Morgan fingerprint density at radius 2 is 1.94 bits per heavy atom.